The minimum absolute atomic E-state index is 0.206. The van der Waals surface area contributed by atoms with Crippen LogP contribution in [0, 0.1) is 0 Å². The summed E-state index contributed by atoms with van der Waals surface area (Å²) < 4.78 is 16.7. The Morgan fingerprint density at radius 2 is 1.72 bits per heavy atom. The fourth-order valence-corrected chi connectivity index (χ4v) is 2.97. The van der Waals surface area contributed by atoms with Crippen molar-refractivity contribution in [2.45, 2.75) is 24.7 Å². The molecule has 2 aromatic carbocycles. The van der Waals surface area contributed by atoms with E-state index < -0.39 is 29.3 Å². The molecule has 25 heavy (non-hydrogen) atoms. The van der Waals surface area contributed by atoms with Crippen LogP contribution in [0.3, 0.4) is 0 Å². The molecule has 0 fully saturated rings. The van der Waals surface area contributed by atoms with Gasteiger partial charge in [0.05, 0.1) is 21.3 Å². The average Bonchev–Trinajstić information content (AvgIpc) is 2.60. The van der Waals surface area contributed by atoms with Gasteiger partial charge in [-0.2, -0.15) is 0 Å². The summed E-state index contributed by atoms with van der Waals surface area (Å²) in [5.74, 6) is -0.688. The monoisotopic (exact) mass is 359 g/mol. The Labute approximate surface area is 149 Å². The molecule has 1 atom stereocenters. The van der Waals surface area contributed by atoms with Gasteiger partial charge in [0.2, 0.25) is 0 Å². The summed E-state index contributed by atoms with van der Waals surface area (Å²) >= 11 is 0. The van der Waals surface area contributed by atoms with E-state index in [9.17, 15) is 13.8 Å². The maximum Gasteiger partial charge on any atom is 0.339 e. The first-order chi connectivity index (χ1) is 11.9. The first kappa shape index (κ1) is 18.9. The number of rotatable bonds is 6. The first-order valence-electron chi connectivity index (χ1n) is 7.88. The second-order valence-electron chi connectivity index (χ2n) is 5.85. The van der Waals surface area contributed by atoms with E-state index in [0.717, 1.165) is 0 Å². The average molecular weight is 359 g/mol. The van der Waals surface area contributed by atoms with Crippen LogP contribution in [0.5, 0.6) is 0 Å². The van der Waals surface area contributed by atoms with Gasteiger partial charge in [-0.1, -0.05) is 38.1 Å². The molecule has 0 aliphatic carbocycles. The van der Waals surface area contributed by atoms with Gasteiger partial charge in [-0.3, -0.25) is 9.00 Å². The number of nitrogens with one attached hydrogen (secondary N) is 1. The molecule has 0 spiro atoms. The molecule has 1 N–H and O–H groups in total. The number of esters is 1. The molecule has 1 amide bonds. The molecule has 0 unspecified atom stereocenters. The maximum atomic E-state index is 12.1. The third-order valence-electron chi connectivity index (χ3n) is 3.61. The van der Waals surface area contributed by atoms with E-state index in [0.29, 0.717) is 16.5 Å². The fraction of sp³-hybridized carbons (Fsp3) is 0.263. The van der Waals surface area contributed by atoms with Crippen LogP contribution in [0.25, 0.3) is 0 Å². The maximum absolute atomic E-state index is 12.1. The van der Waals surface area contributed by atoms with Crippen molar-refractivity contribution in [3.63, 3.8) is 0 Å². The summed E-state index contributed by atoms with van der Waals surface area (Å²) in [6, 6.07) is 14.0. The second-order valence-corrected chi connectivity index (χ2v) is 7.20. The molecular formula is C19H21NO4S. The molecule has 0 bridgehead atoms. The smallest absolute Gasteiger partial charge is 0.339 e. The van der Waals surface area contributed by atoms with Crippen molar-refractivity contribution >= 4 is 28.4 Å². The van der Waals surface area contributed by atoms with Crippen LogP contribution in [0.2, 0.25) is 0 Å². The molecule has 6 heteroatoms. The summed E-state index contributed by atoms with van der Waals surface area (Å²) in [5, 5.41) is 2.68. The van der Waals surface area contributed by atoms with Crippen LogP contribution < -0.4 is 5.32 Å². The fourth-order valence-electron chi connectivity index (χ4n) is 2.24. The number of benzene rings is 2. The van der Waals surface area contributed by atoms with Crippen molar-refractivity contribution < 1.29 is 18.5 Å². The highest BCUT2D eigenvalue weighted by Crippen LogP contribution is 2.17. The Balaban J connectivity index is 1.93. The molecule has 0 aliphatic heterocycles. The minimum Gasteiger partial charge on any atom is -0.452 e. The Kier molecular flexibility index (Phi) is 6.47. The number of carbonyl (C=O) groups is 2. The summed E-state index contributed by atoms with van der Waals surface area (Å²) in [4.78, 5) is 24.4. The number of hydrogen-bond acceptors (Lipinski definition) is 4. The lowest BCUT2D eigenvalue weighted by Crippen LogP contribution is -2.21. The third-order valence-corrected chi connectivity index (χ3v) is 4.59. The quantitative estimate of drug-likeness (QED) is 0.803. The van der Waals surface area contributed by atoms with Crippen molar-refractivity contribution in [3.8, 4) is 0 Å². The van der Waals surface area contributed by atoms with Gasteiger partial charge in [-0.25, -0.2) is 4.79 Å². The minimum atomic E-state index is -1.31. The molecule has 0 saturated carbocycles. The molecular weight excluding hydrogens is 338 g/mol. The van der Waals surface area contributed by atoms with Crippen molar-refractivity contribution in [2.24, 2.45) is 0 Å². The molecule has 2 aromatic rings. The van der Waals surface area contributed by atoms with Gasteiger partial charge >= 0.3 is 5.97 Å². The van der Waals surface area contributed by atoms with Gasteiger partial charge in [0, 0.05) is 11.9 Å². The van der Waals surface area contributed by atoms with Crippen LogP contribution in [0.4, 0.5) is 5.69 Å². The van der Waals surface area contributed by atoms with E-state index >= 15 is 0 Å². The molecule has 0 heterocycles. The molecule has 132 valence electrons. The Morgan fingerprint density at radius 1 is 1.08 bits per heavy atom. The molecule has 0 aliphatic rings. The number of ether oxygens (including phenoxy) is 1. The van der Waals surface area contributed by atoms with E-state index in [1.165, 1.54) is 17.9 Å². The number of hydrogen-bond donors (Lipinski definition) is 1. The zero-order valence-electron chi connectivity index (χ0n) is 14.4. The van der Waals surface area contributed by atoms with E-state index in [1.807, 2.05) is 24.3 Å². The summed E-state index contributed by atoms with van der Waals surface area (Å²) in [6.45, 7) is 3.78. The van der Waals surface area contributed by atoms with Gasteiger partial charge in [-0.15, -0.1) is 0 Å². The predicted octanol–water partition coefficient (Wildman–Crippen LogP) is 3.34. The van der Waals surface area contributed by atoms with Crippen LogP contribution in [0.1, 0.15) is 35.7 Å². The Morgan fingerprint density at radius 3 is 2.32 bits per heavy atom. The molecule has 0 aromatic heterocycles. The molecule has 0 radical (unpaired) electrons. The van der Waals surface area contributed by atoms with Gasteiger partial charge < -0.3 is 10.1 Å². The van der Waals surface area contributed by atoms with E-state index in [1.54, 1.807) is 18.2 Å². The third kappa shape index (κ3) is 5.26. The van der Waals surface area contributed by atoms with Crippen molar-refractivity contribution in [2.75, 3.05) is 18.2 Å². The van der Waals surface area contributed by atoms with Crippen LogP contribution >= 0.6 is 0 Å². The number of carbonyl (C=O) groups excluding carboxylic acids is 2. The highest BCUT2D eigenvalue weighted by Gasteiger charge is 2.16. The zero-order chi connectivity index (χ0) is 18.4. The lowest BCUT2D eigenvalue weighted by atomic mass is 10.0. The van der Waals surface area contributed by atoms with E-state index in [4.69, 9.17) is 4.74 Å². The lowest BCUT2D eigenvalue weighted by molar-refractivity contribution is -0.119. The number of anilines is 1. The van der Waals surface area contributed by atoms with Crippen molar-refractivity contribution in [1.29, 1.82) is 0 Å². The normalized spacial score (nSPS) is 11.8. The van der Waals surface area contributed by atoms with Gasteiger partial charge in [0.25, 0.3) is 5.91 Å². The summed E-state index contributed by atoms with van der Waals surface area (Å²) in [5.41, 5.74) is 2.02. The summed E-state index contributed by atoms with van der Waals surface area (Å²) in [6.07, 6.45) is 1.49. The number of amides is 1. The van der Waals surface area contributed by atoms with Gasteiger partial charge in [0.1, 0.15) is 0 Å². The molecule has 0 saturated heterocycles. The lowest BCUT2D eigenvalue weighted by Gasteiger charge is -2.10. The largest absolute Gasteiger partial charge is 0.452 e. The highest BCUT2D eigenvalue weighted by atomic mass is 32.2. The molecule has 2 rings (SSSR count). The topological polar surface area (TPSA) is 72.5 Å². The first-order valence-corrected chi connectivity index (χ1v) is 9.43. The highest BCUT2D eigenvalue weighted by molar-refractivity contribution is 7.84. The Hall–Kier alpha value is -2.47. The van der Waals surface area contributed by atoms with E-state index in [-0.39, 0.29) is 5.56 Å². The van der Waals surface area contributed by atoms with Crippen molar-refractivity contribution in [3.05, 3.63) is 59.7 Å². The van der Waals surface area contributed by atoms with Crippen LogP contribution in [-0.2, 0) is 20.3 Å². The Bertz CT molecular complexity index is 784. The van der Waals surface area contributed by atoms with E-state index in [2.05, 4.69) is 19.2 Å². The SMILES string of the molecule is CC(C)c1ccc(NC(=O)COC(=O)c2ccccc2[S@@](C)=O)cc1. The summed E-state index contributed by atoms with van der Waals surface area (Å²) in [7, 11) is -1.31. The van der Waals surface area contributed by atoms with Gasteiger partial charge in [0.15, 0.2) is 6.61 Å². The van der Waals surface area contributed by atoms with Crippen molar-refractivity contribution in [1.82, 2.24) is 0 Å². The predicted molar refractivity (Wildman–Crippen MR) is 98.2 cm³/mol. The molecule has 5 nitrogen and oxygen atoms in total. The van der Waals surface area contributed by atoms with Crippen LogP contribution in [0.15, 0.2) is 53.4 Å². The van der Waals surface area contributed by atoms with Crippen LogP contribution in [-0.4, -0.2) is 28.9 Å². The van der Waals surface area contributed by atoms with Gasteiger partial charge in [-0.05, 0) is 35.7 Å². The second kappa shape index (κ2) is 8.58. The standard InChI is InChI=1S/C19H21NO4S/c1-13(2)14-8-10-15(11-9-14)20-18(21)12-24-19(22)16-6-4-5-7-17(16)25(3)23/h4-11,13H,12H2,1-3H3,(H,20,21)/t25-/m1/s1. The zero-order valence-corrected chi connectivity index (χ0v) is 15.3.